The van der Waals surface area contributed by atoms with E-state index in [1.54, 1.807) is 26.2 Å². The van der Waals surface area contributed by atoms with Crippen molar-refractivity contribution in [2.24, 2.45) is 11.7 Å². The number of aromatic nitrogens is 2. The van der Waals surface area contributed by atoms with E-state index < -0.39 is 59.9 Å². The Hall–Kier alpha value is -4.68. The van der Waals surface area contributed by atoms with Crippen LogP contribution in [-0.2, 0) is 32.0 Å². The van der Waals surface area contributed by atoms with Crippen molar-refractivity contribution in [3.8, 4) is 0 Å². The average Bonchev–Trinajstić information content (AvgIpc) is 3.57. The van der Waals surface area contributed by atoms with Crippen LogP contribution >= 0.6 is 0 Å². The standard InChI is InChI=1S/C31H38N6O6/c1-16(2)26(29(40)35-25(31(42)43)13-19-15-34-24-11-7-5-9-21(19)24)36-30(41)27(17(3)38)37-28(39)22(32)12-18-14-33-23-10-6-4-8-20(18)23/h4-11,14-17,22,25-27,33-34,38H,12-13,32H2,1-3H3,(H,35,40)(H,36,41)(H,37,39)(H,42,43). The molecule has 0 fully saturated rings. The van der Waals surface area contributed by atoms with Gasteiger partial charge in [0.05, 0.1) is 12.1 Å². The van der Waals surface area contributed by atoms with E-state index >= 15 is 0 Å². The van der Waals surface area contributed by atoms with Crippen LogP contribution in [0.4, 0.5) is 0 Å². The largest absolute Gasteiger partial charge is 0.480 e. The third kappa shape index (κ3) is 7.40. The number of para-hydroxylation sites is 2. The van der Waals surface area contributed by atoms with Crippen LogP contribution in [0, 0.1) is 5.92 Å². The van der Waals surface area contributed by atoms with Crippen LogP contribution < -0.4 is 21.7 Å². The molecule has 4 rings (SSSR count). The summed E-state index contributed by atoms with van der Waals surface area (Å²) in [6, 6.07) is 10.2. The molecule has 0 aliphatic rings. The predicted octanol–water partition coefficient (Wildman–Crippen LogP) is 1.34. The van der Waals surface area contributed by atoms with Gasteiger partial charge in [-0.05, 0) is 42.5 Å². The molecule has 3 amide bonds. The molecular weight excluding hydrogens is 552 g/mol. The summed E-state index contributed by atoms with van der Waals surface area (Å²) in [7, 11) is 0. The van der Waals surface area contributed by atoms with Crippen molar-refractivity contribution < 1.29 is 29.4 Å². The molecule has 0 radical (unpaired) electrons. The summed E-state index contributed by atoms with van der Waals surface area (Å²) in [5.74, 6) is -3.84. The van der Waals surface area contributed by atoms with Gasteiger partial charge in [0.15, 0.2) is 0 Å². The minimum absolute atomic E-state index is 0.0184. The lowest BCUT2D eigenvalue weighted by atomic mass is 10.00. The van der Waals surface area contributed by atoms with Gasteiger partial charge in [-0.15, -0.1) is 0 Å². The summed E-state index contributed by atoms with van der Waals surface area (Å²) in [6.07, 6.45) is 2.37. The van der Waals surface area contributed by atoms with Gasteiger partial charge in [-0.25, -0.2) is 4.79 Å². The zero-order chi connectivity index (χ0) is 31.3. The molecule has 12 heteroatoms. The Labute approximate surface area is 248 Å². The number of rotatable bonds is 13. The summed E-state index contributed by atoms with van der Waals surface area (Å²) >= 11 is 0. The fourth-order valence-corrected chi connectivity index (χ4v) is 5.06. The van der Waals surface area contributed by atoms with Gasteiger partial charge in [0.25, 0.3) is 0 Å². The average molecular weight is 591 g/mol. The van der Waals surface area contributed by atoms with Crippen LogP contribution in [0.1, 0.15) is 31.9 Å². The minimum atomic E-state index is -1.41. The van der Waals surface area contributed by atoms with Gasteiger partial charge in [0, 0.05) is 40.6 Å². The maximum Gasteiger partial charge on any atom is 0.326 e. The molecule has 12 nitrogen and oxygen atoms in total. The Bertz CT molecular complexity index is 1610. The molecule has 0 saturated carbocycles. The third-order valence-corrected chi connectivity index (χ3v) is 7.47. The highest BCUT2D eigenvalue weighted by atomic mass is 16.4. The van der Waals surface area contributed by atoms with E-state index in [-0.39, 0.29) is 12.8 Å². The molecule has 2 heterocycles. The summed E-state index contributed by atoms with van der Waals surface area (Å²) in [5.41, 5.74) is 9.44. The van der Waals surface area contributed by atoms with Crippen LogP contribution in [0.25, 0.3) is 21.8 Å². The first-order valence-corrected chi connectivity index (χ1v) is 14.1. The first-order valence-electron chi connectivity index (χ1n) is 14.1. The number of aliphatic hydroxyl groups excluding tert-OH is 1. The molecule has 0 spiro atoms. The maximum atomic E-state index is 13.3. The van der Waals surface area contributed by atoms with Gasteiger partial charge in [0.1, 0.15) is 18.1 Å². The van der Waals surface area contributed by atoms with E-state index in [4.69, 9.17) is 5.73 Å². The zero-order valence-electron chi connectivity index (χ0n) is 24.3. The summed E-state index contributed by atoms with van der Waals surface area (Å²) in [6.45, 7) is 4.71. The number of aliphatic hydroxyl groups is 1. The predicted molar refractivity (Wildman–Crippen MR) is 162 cm³/mol. The number of amides is 3. The normalized spacial score (nSPS) is 15.0. The fraction of sp³-hybridized carbons (Fsp3) is 0.355. The van der Waals surface area contributed by atoms with Crippen LogP contribution in [-0.4, -0.2) is 74.1 Å². The van der Waals surface area contributed by atoms with Crippen LogP contribution in [0.3, 0.4) is 0 Å². The summed E-state index contributed by atoms with van der Waals surface area (Å²) in [4.78, 5) is 57.8. The van der Waals surface area contributed by atoms with Gasteiger partial charge in [-0.2, -0.15) is 0 Å². The number of carboxylic acid groups (broad SMARTS) is 1. The number of carbonyl (C=O) groups excluding carboxylic acids is 3. The van der Waals surface area contributed by atoms with E-state index in [9.17, 15) is 29.4 Å². The zero-order valence-corrected chi connectivity index (χ0v) is 24.3. The molecular formula is C31H38N6O6. The van der Waals surface area contributed by atoms with Crippen molar-refractivity contribution in [3.63, 3.8) is 0 Å². The highest BCUT2D eigenvalue weighted by molar-refractivity contribution is 5.95. The first kappa shape index (κ1) is 31.3. The second kappa shape index (κ2) is 13.5. The van der Waals surface area contributed by atoms with Gasteiger partial charge in [-0.3, -0.25) is 14.4 Å². The summed E-state index contributed by atoms with van der Waals surface area (Å²) in [5, 5.41) is 29.6. The van der Waals surface area contributed by atoms with Crippen molar-refractivity contribution in [3.05, 3.63) is 72.1 Å². The number of hydrogen-bond donors (Lipinski definition) is 8. The van der Waals surface area contributed by atoms with E-state index in [0.29, 0.717) is 5.56 Å². The highest BCUT2D eigenvalue weighted by Gasteiger charge is 2.34. The number of H-pyrrole nitrogens is 2. The topological polar surface area (TPSA) is 202 Å². The molecule has 2 aromatic carbocycles. The number of benzene rings is 2. The van der Waals surface area contributed by atoms with Crippen molar-refractivity contribution in [1.82, 2.24) is 25.9 Å². The molecule has 0 bridgehead atoms. The molecule has 9 N–H and O–H groups in total. The quantitative estimate of drug-likeness (QED) is 0.115. The molecule has 228 valence electrons. The highest BCUT2D eigenvalue weighted by Crippen LogP contribution is 2.20. The number of aromatic amines is 2. The maximum absolute atomic E-state index is 13.3. The smallest absolute Gasteiger partial charge is 0.326 e. The van der Waals surface area contributed by atoms with E-state index in [2.05, 4.69) is 25.9 Å². The number of hydrogen-bond acceptors (Lipinski definition) is 6. The molecule has 5 unspecified atom stereocenters. The number of nitrogens with one attached hydrogen (secondary N) is 5. The number of carbonyl (C=O) groups is 4. The monoisotopic (exact) mass is 590 g/mol. The van der Waals surface area contributed by atoms with E-state index in [1.807, 2.05) is 48.5 Å². The van der Waals surface area contributed by atoms with Crippen molar-refractivity contribution in [2.45, 2.75) is 63.9 Å². The fourth-order valence-electron chi connectivity index (χ4n) is 5.06. The SMILES string of the molecule is CC(C)C(NC(=O)C(NC(=O)C(N)Cc1c[nH]c2ccccc12)C(C)O)C(=O)NC(Cc1c[nH]c2ccccc12)C(=O)O. The Balaban J connectivity index is 1.41. The van der Waals surface area contributed by atoms with Crippen LogP contribution in [0.15, 0.2) is 60.9 Å². The van der Waals surface area contributed by atoms with Gasteiger partial charge < -0.3 is 41.9 Å². The molecule has 0 saturated heterocycles. The number of fused-ring (bicyclic) bond motifs is 2. The first-order chi connectivity index (χ1) is 20.5. The van der Waals surface area contributed by atoms with E-state index in [0.717, 1.165) is 27.4 Å². The molecule has 2 aromatic heterocycles. The Kier molecular flexibility index (Phi) is 9.84. The second-order valence-electron chi connectivity index (χ2n) is 11.1. The number of nitrogens with two attached hydrogens (primary N) is 1. The van der Waals surface area contributed by atoms with Gasteiger partial charge in [0.2, 0.25) is 17.7 Å². The lowest BCUT2D eigenvalue weighted by Gasteiger charge is -2.28. The Morgan fingerprint density at radius 3 is 1.74 bits per heavy atom. The van der Waals surface area contributed by atoms with Crippen molar-refractivity contribution >= 4 is 45.5 Å². The van der Waals surface area contributed by atoms with Gasteiger partial charge in [-0.1, -0.05) is 50.2 Å². The lowest BCUT2D eigenvalue weighted by molar-refractivity contribution is -0.142. The molecule has 0 aliphatic carbocycles. The van der Waals surface area contributed by atoms with E-state index in [1.165, 1.54) is 6.92 Å². The molecule has 5 atom stereocenters. The lowest BCUT2D eigenvalue weighted by Crippen LogP contribution is -2.61. The number of aliphatic carboxylic acids is 1. The molecule has 43 heavy (non-hydrogen) atoms. The molecule has 0 aliphatic heterocycles. The van der Waals surface area contributed by atoms with Crippen molar-refractivity contribution in [1.29, 1.82) is 0 Å². The molecule has 4 aromatic rings. The third-order valence-electron chi connectivity index (χ3n) is 7.47. The summed E-state index contributed by atoms with van der Waals surface area (Å²) < 4.78 is 0. The van der Waals surface area contributed by atoms with Gasteiger partial charge >= 0.3 is 5.97 Å². The Morgan fingerprint density at radius 1 is 0.744 bits per heavy atom. The van der Waals surface area contributed by atoms with Crippen LogP contribution in [0.5, 0.6) is 0 Å². The van der Waals surface area contributed by atoms with Crippen LogP contribution in [0.2, 0.25) is 0 Å². The number of carboxylic acids is 1. The second-order valence-corrected chi connectivity index (χ2v) is 11.1. The Morgan fingerprint density at radius 2 is 1.23 bits per heavy atom. The minimum Gasteiger partial charge on any atom is -0.480 e. The van der Waals surface area contributed by atoms with Crippen molar-refractivity contribution in [2.75, 3.05) is 0 Å².